The smallest absolute Gasteiger partial charge is 0.105 e. The summed E-state index contributed by atoms with van der Waals surface area (Å²) in [7, 11) is 1.13. The summed E-state index contributed by atoms with van der Waals surface area (Å²) in [6.45, 7) is 0. The van der Waals surface area contributed by atoms with Crippen LogP contribution in [0.1, 0.15) is 19.3 Å². The number of rotatable bonds is 3. The van der Waals surface area contributed by atoms with Crippen molar-refractivity contribution in [3.63, 3.8) is 0 Å². The van der Waals surface area contributed by atoms with Gasteiger partial charge in [-0.1, -0.05) is 12.2 Å². The van der Waals surface area contributed by atoms with Crippen LogP contribution in [0.3, 0.4) is 0 Å². The second-order valence-electron chi connectivity index (χ2n) is 4.59. The van der Waals surface area contributed by atoms with E-state index in [4.69, 9.17) is 23.2 Å². The third-order valence-electron chi connectivity index (χ3n) is 3.52. The highest BCUT2D eigenvalue weighted by atomic mass is 35.5. The summed E-state index contributed by atoms with van der Waals surface area (Å²) in [5.74, 6) is 2.62. The van der Waals surface area contributed by atoms with Gasteiger partial charge in [-0.15, -0.1) is 23.2 Å². The molecule has 0 N–H and O–H groups in total. The third kappa shape index (κ3) is 2.13. The van der Waals surface area contributed by atoms with Crippen molar-refractivity contribution < 1.29 is 0 Å². The van der Waals surface area contributed by atoms with Crippen molar-refractivity contribution in [2.75, 3.05) is 0 Å². The average molecular weight is 235 g/mol. The van der Waals surface area contributed by atoms with Crippen LogP contribution in [-0.2, 0) is 0 Å². The summed E-state index contributed by atoms with van der Waals surface area (Å²) in [5, 5.41) is 0. The van der Waals surface area contributed by atoms with E-state index in [0.717, 1.165) is 28.0 Å². The van der Waals surface area contributed by atoms with Gasteiger partial charge in [-0.3, -0.25) is 0 Å². The van der Waals surface area contributed by atoms with Gasteiger partial charge in [0.15, 0.2) is 0 Å². The van der Waals surface area contributed by atoms with Gasteiger partial charge in [0, 0.05) is 10.2 Å². The van der Waals surface area contributed by atoms with Crippen LogP contribution in [0.4, 0.5) is 0 Å². The van der Waals surface area contributed by atoms with Crippen molar-refractivity contribution in [2.45, 2.75) is 29.6 Å². The normalized spacial score (nSPS) is 39.2. The molecule has 2 aliphatic carbocycles. The average Bonchev–Trinajstić information content (AvgIpc) is 2.64. The Labute approximate surface area is 93.1 Å². The maximum absolute atomic E-state index is 5.89. The van der Waals surface area contributed by atoms with Gasteiger partial charge in [-0.2, -0.15) is 0 Å². The first kappa shape index (κ1) is 10.1. The van der Waals surface area contributed by atoms with E-state index in [0.29, 0.717) is 5.54 Å². The number of fused-ring (bicyclic) bond motifs is 2. The molecule has 0 aromatic heterocycles. The molecule has 0 nitrogen and oxygen atoms in total. The molecule has 0 saturated heterocycles. The molecule has 0 aromatic rings. The van der Waals surface area contributed by atoms with Crippen LogP contribution >= 0.6 is 23.2 Å². The number of hydrogen-bond acceptors (Lipinski definition) is 0. The van der Waals surface area contributed by atoms with Gasteiger partial charge in [0.2, 0.25) is 0 Å². The number of allylic oxidation sites excluding steroid dienone is 2. The fourth-order valence-corrected chi connectivity index (χ4v) is 3.56. The molecule has 0 aromatic carbocycles. The first-order valence-corrected chi connectivity index (χ1v) is 7.16. The lowest BCUT2D eigenvalue weighted by Crippen LogP contribution is -2.13. The van der Waals surface area contributed by atoms with E-state index in [-0.39, 0.29) is 4.84 Å². The van der Waals surface area contributed by atoms with Gasteiger partial charge >= 0.3 is 0 Å². The molecule has 0 heterocycles. The van der Waals surface area contributed by atoms with Crippen molar-refractivity contribution in [1.29, 1.82) is 0 Å². The van der Waals surface area contributed by atoms with Crippen molar-refractivity contribution in [1.82, 2.24) is 0 Å². The maximum atomic E-state index is 5.89. The monoisotopic (exact) mass is 234 g/mol. The molecule has 0 aliphatic heterocycles. The second kappa shape index (κ2) is 3.96. The quantitative estimate of drug-likeness (QED) is 0.400. The summed E-state index contributed by atoms with van der Waals surface area (Å²) in [6.07, 6.45) is 8.84. The molecule has 1 fully saturated rings. The lowest BCUT2D eigenvalue weighted by atomic mass is 9.89. The van der Waals surface area contributed by atoms with Gasteiger partial charge in [0.1, 0.15) is 4.84 Å². The Bertz CT molecular complexity index is 215. The van der Waals surface area contributed by atoms with Gasteiger partial charge < -0.3 is 0 Å². The van der Waals surface area contributed by atoms with E-state index < -0.39 is 0 Å². The molecule has 2 bridgehead atoms. The summed E-state index contributed by atoms with van der Waals surface area (Å²) in [6, 6.07) is 0. The molecule has 13 heavy (non-hydrogen) atoms. The van der Waals surface area contributed by atoms with Gasteiger partial charge in [-0.25, -0.2) is 0 Å². The van der Waals surface area contributed by atoms with E-state index in [1.165, 1.54) is 19.3 Å². The van der Waals surface area contributed by atoms with Crippen LogP contribution in [0.25, 0.3) is 0 Å². The highest BCUT2D eigenvalue weighted by Crippen LogP contribution is 2.47. The Kier molecular flexibility index (Phi) is 3.06. The molecule has 3 heteroatoms. The van der Waals surface area contributed by atoms with Crippen molar-refractivity contribution in [3.05, 3.63) is 12.2 Å². The molecule has 2 rings (SSSR count). The predicted molar refractivity (Wildman–Crippen MR) is 62.6 cm³/mol. The van der Waals surface area contributed by atoms with Crippen LogP contribution in [0.5, 0.6) is 0 Å². The zero-order chi connectivity index (χ0) is 9.42. The van der Waals surface area contributed by atoms with E-state index in [9.17, 15) is 0 Å². The van der Waals surface area contributed by atoms with E-state index in [2.05, 4.69) is 12.2 Å². The van der Waals surface area contributed by atoms with Crippen molar-refractivity contribution in [2.24, 2.45) is 17.8 Å². The van der Waals surface area contributed by atoms with Crippen LogP contribution in [0.2, 0.25) is 5.54 Å². The summed E-state index contributed by atoms with van der Waals surface area (Å²) >= 11 is 11.8. The molecule has 0 spiro atoms. The largest absolute Gasteiger partial charge is 0.107 e. The summed E-state index contributed by atoms with van der Waals surface area (Å²) in [4.78, 5) is -0.130. The molecule has 4 unspecified atom stereocenters. The van der Waals surface area contributed by atoms with Crippen LogP contribution in [-0.4, -0.2) is 15.1 Å². The minimum absolute atomic E-state index is 0.130. The fourth-order valence-electron chi connectivity index (χ4n) is 2.75. The summed E-state index contributed by atoms with van der Waals surface area (Å²) < 4.78 is 0. The Balaban J connectivity index is 1.87. The molecule has 1 saturated carbocycles. The number of alkyl halides is 2. The highest BCUT2D eigenvalue weighted by molar-refractivity contribution is 6.47. The Morgan fingerprint density at radius 3 is 2.54 bits per heavy atom. The van der Waals surface area contributed by atoms with Crippen molar-refractivity contribution >= 4 is 33.4 Å². The molecule has 0 amide bonds. The second-order valence-corrected chi connectivity index (χ2v) is 7.23. The maximum Gasteiger partial charge on any atom is 0.107 e. The zero-order valence-electron chi connectivity index (χ0n) is 7.92. The first-order chi connectivity index (χ1) is 6.16. The number of hydrogen-bond donors (Lipinski definition) is 0. The molecule has 2 aliphatic rings. The first-order valence-electron chi connectivity index (χ1n) is 5.13. The SMILES string of the molecule is [SiH3]C(CC1CC2C=CC1C2)C(Cl)Cl. The minimum Gasteiger partial charge on any atom is -0.105 e. The van der Waals surface area contributed by atoms with Crippen LogP contribution in [0.15, 0.2) is 12.2 Å². The van der Waals surface area contributed by atoms with E-state index >= 15 is 0 Å². The fraction of sp³-hybridized carbons (Fsp3) is 0.800. The molecular formula is C10H16Cl2Si. The van der Waals surface area contributed by atoms with Gasteiger partial charge in [-0.05, 0) is 42.6 Å². The standard InChI is InChI=1S/C10H16Cl2Si/c11-10(12)9(13)5-8-4-6-1-2-7(8)3-6/h1-2,6-10H,3-5H2,13H3. The Morgan fingerprint density at radius 1 is 1.31 bits per heavy atom. The molecule has 74 valence electrons. The van der Waals surface area contributed by atoms with Crippen LogP contribution < -0.4 is 0 Å². The van der Waals surface area contributed by atoms with Gasteiger partial charge in [0.25, 0.3) is 0 Å². The predicted octanol–water partition coefficient (Wildman–Crippen LogP) is 2.55. The van der Waals surface area contributed by atoms with E-state index in [1.54, 1.807) is 0 Å². The lowest BCUT2D eigenvalue weighted by molar-refractivity contribution is 0.410. The third-order valence-corrected chi connectivity index (χ3v) is 6.36. The van der Waals surface area contributed by atoms with Crippen molar-refractivity contribution in [3.8, 4) is 0 Å². The lowest BCUT2D eigenvalue weighted by Gasteiger charge is -2.22. The molecular weight excluding hydrogens is 219 g/mol. The minimum atomic E-state index is -0.130. The molecule has 4 atom stereocenters. The van der Waals surface area contributed by atoms with E-state index in [1.807, 2.05) is 0 Å². The van der Waals surface area contributed by atoms with Crippen LogP contribution in [0, 0.1) is 17.8 Å². The highest BCUT2D eigenvalue weighted by Gasteiger charge is 2.36. The Morgan fingerprint density at radius 2 is 2.08 bits per heavy atom. The Hall–Kier alpha value is 0.537. The summed E-state index contributed by atoms with van der Waals surface area (Å²) in [5.41, 5.74) is 0.584. The topological polar surface area (TPSA) is 0 Å². The molecule has 0 radical (unpaired) electrons. The zero-order valence-corrected chi connectivity index (χ0v) is 11.4. The van der Waals surface area contributed by atoms with Gasteiger partial charge in [0.05, 0.1) is 0 Å². The number of halogens is 2.